The molecule has 2 aromatic carbocycles. The van der Waals surface area contributed by atoms with Gasteiger partial charge in [-0.25, -0.2) is 12.7 Å². The second kappa shape index (κ2) is 10.2. The van der Waals surface area contributed by atoms with Gasteiger partial charge in [-0.05, 0) is 49.4 Å². The Kier molecular flexibility index (Phi) is 7.95. The van der Waals surface area contributed by atoms with E-state index in [1.807, 2.05) is 6.92 Å². The molecule has 8 nitrogen and oxygen atoms in total. The van der Waals surface area contributed by atoms with Crippen molar-refractivity contribution in [3.05, 3.63) is 42.5 Å². The molecule has 0 radical (unpaired) electrons. The fraction of sp³-hybridized carbons (Fsp3) is 0.316. The van der Waals surface area contributed by atoms with Crippen molar-refractivity contribution in [3.63, 3.8) is 0 Å². The van der Waals surface area contributed by atoms with E-state index < -0.39 is 22.5 Å². The van der Waals surface area contributed by atoms with Gasteiger partial charge in [-0.1, -0.05) is 0 Å². The minimum absolute atomic E-state index is 0.0182. The molecular formula is C19H24F2N4O4S. The van der Waals surface area contributed by atoms with E-state index in [4.69, 9.17) is 0 Å². The number of anilines is 3. The Morgan fingerprint density at radius 1 is 1.07 bits per heavy atom. The summed E-state index contributed by atoms with van der Waals surface area (Å²) < 4.78 is 54.5. The predicted octanol–water partition coefficient (Wildman–Crippen LogP) is 3.02. The van der Waals surface area contributed by atoms with Gasteiger partial charge in [-0.15, -0.1) is 0 Å². The molecule has 2 rings (SSSR count). The summed E-state index contributed by atoms with van der Waals surface area (Å²) in [6.07, 6.45) is 0. The molecule has 0 aliphatic carbocycles. The highest BCUT2D eigenvalue weighted by Gasteiger charge is 2.19. The Balaban J connectivity index is 2.08. The Hall–Kier alpha value is -2.92. The van der Waals surface area contributed by atoms with Gasteiger partial charge < -0.3 is 20.7 Å². The van der Waals surface area contributed by atoms with Gasteiger partial charge in [0.2, 0.25) is 15.9 Å². The summed E-state index contributed by atoms with van der Waals surface area (Å²) in [6.45, 7) is -0.567. The number of rotatable bonds is 10. The first-order valence-corrected chi connectivity index (χ1v) is 10.5. The number of hydrogen-bond donors (Lipinski definition) is 3. The Morgan fingerprint density at radius 3 is 2.30 bits per heavy atom. The van der Waals surface area contributed by atoms with Crippen LogP contribution in [0.2, 0.25) is 0 Å². The monoisotopic (exact) mass is 442 g/mol. The summed E-state index contributed by atoms with van der Waals surface area (Å²) >= 11 is 0. The average molecular weight is 442 g/mol. The van der Waals surface area contributed by atoms with E-state index in [1.54, 1.807) is 6.07 Å². The summed E-state index contributed by atoms with van der Waals surface area (Å²) in [5, 5.41) is 8.64. The zero-order valence-corrected chi connectivity index (χ0v) is 17.6. The standard InChI is InChI=1S/C19H24F2N4O4S/c1-4-22-16-10-9-15(30(27,28)25(2)3)11-17(16)23-12-18(26)24-13-5-7-14(8-6-13)29-19(20)21/h5-11,19,22-23H,4,12H2,1-3H3,(H,24,26). The molecule has 0 unspecified atom stereocenters. The highest BCUT2D eigenvalue weighted by Crippen LogP contribution is 2.26. The Morgan fingerprint density at radius 2 is 1.73 bits per heavy atom. The minimum Gasteiger partial charge on any atom is -0.435 e. The van der Waals surface area contributed by atoms with E-state index >= 15 is 0 Å². The first-order chi connectivity index (χ1) is 14.1. The number of nitrogens with one attached hydrogen (secondary N) is 3. The van der Waals surface area contributed by atoms with Gasteiger partial charge in [-0.2, -0.15) is 8.78 Å². The highest BCUT2D eigenvalue weighted by molar-refractivity contribution is 7.89. The zero-order chi connectivity index (χ0) is 22.3. The maximum Gasteiger partial charge on any atom is 0.387 e. The lowest BCUT2D eigenvalue weighted by Crippen LogP contribution is -2.24. The van der Waals surface area contributed by atoms with Crippen molar-refractivity contribution in [3.8, 4) is 5.75 Å². The van der Waals surface area contributed by atoms with E-state index in [9.17, 15) is 22.0 Å². The number of carbonyl (C=O) groups is 1. The molecule has 0 atom stereocenters. The number of alkyl halides is 2. The maximum absolute atomic E-state index is 12.4. The number of nitrogens with zero attached hydrogens (tertiary/aromatic N) is 1. The van der Waals surface area contributed by atoms with Crippen molar-refractivity contribution < 1.29 is 26.7 Å². The molecule has 0 bridgehead atoms. The molecular weight excluding hydrogens is 418 g/mol. The van der Waals surface area contributed by atoms with Crippen molar-refractivity contribution in [2.45, 2.75) is 18.4 Å². The van der Waals surface area contributed by atoms with Gasteiger partial charge in [0, 0.05) is 26.3 Å². The molecule has 2 aromatic rings. The quantitative estimate of drug-likeness (QED) is 0.523. The van der Waals surface area contributed by atoms with Crippen LogP contribution in [-0.4, -0.2) is 52.4 Å². The molecule has 3 N–H and O–H groups in total. The van der Waals surface area contributed by atoms with Crippen LogP contribution in [0, 0.1) is 0 Å². The third-order valence-corrected chi connectivity index (χ3v) is 5.75. The molecule has 30 heavy (non-hydrogen) atoms. The molecule has 0 aliphatic heterocycles. The third kappa shape index (κ3) is 6.29. The van der Waals surface area contributed by atoms with Crippen LogP contribution in [0.4, 0.5) is 25.8 Å². The summed E-state index contributed by atoms with van der Waals surface area (Å²) in [5.41, 5.74) is 1.51. The second-order valence-electron chi connectivity index (χ2n) is 6.33. The summed E-state index contributed by atoms with van der Waals surface area (Å²) in [4.78, 5) is 12.3. The molecule has 0 heterocycles. The van der Waals surface area contributed by atoms with Crippen LogP contribution in [0.3, 0.4) is 0 Å². The molecule has 164 valence electrons. The third-order valence-electron chi connectivity index (χ3n) is 3.94. The van der Waals surface area contributed by atoms with E-state index in [2.05, 4.69) is 20.7 Å². The number of benzene rings is 2. The van der Waals surface area contributed by atoms with Crippen LogP contribution in [-0.2, 0) is 14.8 Å². The summed E-state index contributed by atoms with van der Waals surface area (Å²) in [7, 11) is -0.759. The van der Waals surface area contributed by atoms with Crippen molar-refractivity contribution in [1.29, 1.82) is 0 Å². The summed E-state index contributed by atoms with van der Waals surface area (Å²) in [5.74, 6) is -0.420. The fourth-order valence-electron chi connectivity index (χ4n) is 2.49. The first-order valence-electron chi connectivity index (χ1n) is 9.02. The molecule has 11 heteroatoms. The second-order valence-corrected chi connectivity index (χ2v) is 8.48. The zero-order valence-electron chi connectivity index (χ0n) is 16.8. The Bertz CT molecular complexity index is 967. The Labute approximate surface area is 174 Å². The van der Waals surface area contributed by atoms with Gasteiger partial charge >= 0.3 is 6.61 Å². The van der Waals surface area contributed by atoms with Gasteiger partial charge in [0.25, 0.3) is 0 Å². The number of amides is 1. The smallest absolute Gasteiger partial charge is 0.387 e. The lowest BCUT2D eigenvalue weighted by Gasteiger charge is -2.17. The van der Waals surface area contributed by atoms with Crippen LogP contribution in [0.25, 0.3) is 0 Å². The molecule has 0 aliphatic rings. The van der Waals surface area contributed by atoms with E-state index in [1.165, 1.54) is 50.5 Å². The molecule has 0 fully saturated rings. The first kappa shape index (κ1) is 23.4. The largest absolute Gasteiger partial charge is 0.435 e. The fourth-order valence-corrected chi connectivity index (χ4v) is 3.41. The van der Waals surface area contributed by atoms with Gasteiger partial charge in [0.1, 0.15) is 5.75 Å². The van der Waals surface area contributed by atoms with Crippen LogP contribution in [0.1, 0.15) is 6.92 Å². The topological polar surface area (TPSA) is 99.8 Å². The van der Waals surface area contributed by atoms with Crippen molar-refractivity contribution >= 4 is 33.0 Å². The number of halogens is 2. The van der Waals surface area contributed by atoms with Gasteiger partial charge in [0.15, 0.2) is 0 Å². The molecule has 0 saturated heterocycles. The van der Waals surface area contributed by atoms with Crippen molar-refractivity contribution in [2.75, 3.05) is 43.1 Å². The average Bonchev–Trinajstić information content (AvgIpc) is 2.68. The van der Waals surface area contributed by atoms with Gasteiger partial charge in [0.05, 0.1) is 22.8 Å². The van der Waals surface area contributed by atoms with E-state index in [0.29, 0.717) is 23.6 Å². The number of sulfonamides is 1. The van der Waals surface area contributed by atoms with E-state index in [-0.39, 0.29) is 17.2 Å². The summed E-state index contributed by atoms with van der Waals surface area (Å²) in [6, 6.07) is 10.1. The van der Waals surface area contributed by atoms with Crippen LogP contribution < -0.4 is 20.7 Å². The minimum atomic E-state index is -3.63. The number of carbonyl (C=O) groups excluding carboxylic acids is 1. The van der Waals surface area contributed by atoms with E-state index in [0.717, 1.165) is 4.31 Å². The van der Waals surface area contributed by atoms with Gasteiger partial charge in [-0.3, -0.25) is 4.79 Å². The lowest BCUT2D eigenvalue weighted by atomic mass is 10.2. The highest BCUT2D eigenvalue weighted by atomic mass is 32.2. The normalized spacial score (nSPS) is 11.4. The number of ether oxygens (including phenoxy) is 1. The van der Waals surface area contributed by atoms with Crippen LogP contribution in [0.15, 0.2) is 47.4 Å². The van der Waals surface area contributed by atoms with Crippen molar-refractivity contribution in [2.24, 2.45) is 0 Å². The van der Waals surface area contributed by atoms with Crippen LogP contribution >= 0.6 is 0 Å². The predicted molar refractivity (Wildman–Crippen MR) is 112 cm³/mol. The van der Waals surface area contributed by atoms with Crippen molar-refractivity contribution in [1.82, 2.24) is 4.31 Å². The molecule has 0 saturated carbocycles. The molecule has 1 amide bonds. The SMILES string of the molecule is CCNc1ccc(S(=O)(=O)N(C)C)cc1NCC(=O)Nc1ccc(OC(F)F)cc1. The molecule has 0 aromatic heterocycles. The lowest BCUT2D eigenvalue weighted by molar-refractivity contribution is -0.114. The molecule has 0 spiro atoms. The van der Waals surface area contributed by atoms with Crippen LogP contribution in [0.5, 0.6) is 5.75 Å². The number of hydrogen-bond acceptors (Lipinski definition) is 6. The maximum atomic E-state index is 12.4.